The lowest BCUT2D eigenvalue weighted by Gasteiger charge is -2.04. The molecule has 0 aliphatic heterocycles. The van der Waals surface area contributed by atoms with Crippen LogP contribution < -0.4 is 16.4 Å². The van der Waals surface area contributed by atoms with E-state index >= 15 is 0 Å². The van der Waals surface area contributed by atoms with Crippen molar-refractivity contribution >= 4 is 12.2 Å². The van der Waals surface area contributed by atoms with Gasteiger partial charge in [0.15, 0.2) is 0 Å². The molecule has 0 radical (unpaired) electrons. The molecule has 0 fully saturated rings. The standard InChI is InChI=1S/C7H15N3O4/c8-6(11)14-5-4-9-2-1-3-10-7(12)13/h9-10H,1-5H2,(H2,8,11)(H,12,13). The number of hydrogen-bond donors (Lipinski definition) is 4. The van der Waals surface area contributed by atoms with Crippen LogP contribution in [0.2, 0.25) is 0 Å². The summed E-state index contributed by atoms with van der Waals surface area (Å²) < 4.78 is 4.45. The molecule has 0 atom stereocenters. The van der Waals surface area contributed by atoms with Gasteiger partial charge in [0.05, 0.1) is 0 Å². The zero-order valence-electron chi connectivity index (χ0n) is 7.78. The number of carboxylic acid groups (broad SMARTS) is 1. The Labute approximate surface area is 81.6 Å². The Hall–Kier alpha value is -1.50. The first-order valence-electron chi connectivity index (χ1n) is 4.22. The van der Waals surface area contributed by atoms with Crippen LogP contribution in [0.15, 0.2) is 0 Å². The summed E-state index contributed by atoms with van der Waals surface area (Å²) in [6, 6.07) is 0. The molecule has 0 saturated carbocycles. The van der Waals surface area contributed by atoms with Crippen molar-refractivity contribution in [2.24, 2.45) is 5.73 Å². The monoisotopic (exact) mass is 205 g/mol. The SMILES string of the molecule is NC(=O)OCCNCCCNC(=O)O. The number of nitrogens with two attached hydrogens (primary N) is 1. The van der Waals surface area contributed by atoms with Crippen molar-refractivity contribution in [2.45, 2.75) is 6.42 Å². The molecule has 0 unspecified atom stereocenters. The van der Waals surface area contributed by atoms with Gasteiger partial charge in [0.2, 0.25) is 0 Å². The van der Waals surface area contributed by atoms with E-state index in [1.807, 2.05) is 0 Å². The van der Waals surface area contributed by atoms with E-state index in [1.165, 1.54) is 0 Å². The van der Waals surface area contributed by atoms with Gasteiger partial charge in [-0.1, -0.05) is 0 Å². The Morgan fingerprint density at radius 1 is 1.29 bits per heavy atom. The summed E-state index contributed by atoms with van der Waals surface area (Å²) in [6.07, 6.45) is -1.13. The molecule has 14 heavy (non-hydrogen) atoms. The van der Waals surface area contributed by atoms with E-state index in [0.29, 0.717) is 26.1 Å². The van der Waals surface area contributed by atoms with Crippen LogP contribution in [0.4, 0.5) is 9.59 Å². The number of carbonyl (C=O) groups is 2. The first-order chi connectivity index (χ1) is 6.63. The zero-order valence-corrected chi connectivity index (χ0v) is 7.78. The molecule has 0 aromatic heterocycles. The van der Waals surface area contributed by atoms with Gasteiger partial charge < -0.3 is 26.2 Å². The summed E-state index contributed by atoms with van der Waals surface area (Å²) >= 11 is 0. The van der Waals surface area contributed by atoms with Gasteiger partial charge in [-0.25, -0.2) is 9.59 Å². The Morgan fingerprint density at radius 3 is 2.57 bits per heavy atom. The van der Waals surface area contributed by atoms with Crippen LogP contribution >= 0.6 is 0 Å². The number of ether oxygens (including phenoxy) is 1. The topological polar surface area (TPSA) is 114 Å². The van der Waals surface area contributed by atoms with Gasteiger partial charge in [-0.2, -0.15) is 0 Å². The second kappa shape index (κ2) is 8.11. The Balaban J connectivity index is 2.99. The first kappa shape index (κ1) is 12.5. The molecule has 0 saturated heterocycles. The Morgan fingerprint density at radius 2 is 2.00 bits per heavy atom. The van der Waals surface area contributed by atoms with Gasteiger partial charge in [0.1, 0.15) is 6.61 Å². The fourth-order valence-corrected chi connectivity index (χ4v) is 0.758. The van der Waals surface area contributed by atoms with Crippen LogP contribution in [0.25, 0.3) is 0 Å². The van der Waals surface area contributed by atoms with E-state index in [0.717, 1.165) is 0 Å². The minimum Gasteiger partial charge on any atom is -0.465 e. The molecule has 0 aromatic carbocycles. The van der Waals surface area contributed by atoms with Gasteiger partial charge in [0, 0.05) is 13.1 Å². The summed E-state index contributed by atoms with van der Waals surface area (Å²) in [7, 11) is 0. The van der Waals surface area contributed by atoms with Gasteiger partial charge >= 0.3 is 12.2 Å². The van der Waals surface area contributed by atoms with Gasteiger partial charge in [-0.15, -0.1) is 0 Å². The van der Waals surface area contributed by atoms with Crippen molar-refractivity contribution in [3.63, 3.8) is 0 Å². The normalized spacial score (nSPS) is 9.43. The highest BCUT2D eigenvalue weighted by atomic mass is 16.5. The third-order valence-corrected chi connectivity index (χ3v) is 1.33. The van der Waals surface area contributed by atoms with E-state index < -0.39 is 12.2 Å². The highest BCUT2D eigenvalue weighted by Crippen LogP contribution is 1.75. The molecule has 7 nitrogen and oxygen atoms in total. The summed E-state index contributed by atoms with van der Waals surface area (Å²) in [6.45, 7) is 1.79. The molecule has 7 heteroatoms. The lowest BCUT2D eigenvalue weighted by Crippen LogP contribution is -2.28. The van der Waals surface area contributed by atoms with E-state index in [-0.39, 0.29) is 6.61 Å². The van der Waals surface area contributed by atoms with E-state index in [1.54, 1.807) is 0 Å². The number of amides is 2. The number of nitrogens with one attached hydrogen (secondary N) is 2. The number of rotatable bonds is 7. The van der Waals surface area contributed by atoms with Crippen molar-refractivity contribution < 1.29 is 19.4 Å². The van der Waals surface area contributed by atoms with E-state index in [9.17, 15) is 9.59 Å². The minimum atomic E-state index is -1.03. The maximum atomic E-state index is 10.1. The third-order valence-electron chi connectivity index (χ3n) is 1.33. The third kappa shape index (κ3) is 10.5. The number of hydrogen-bond acceptors (Lipinski definition) is 4. The molecule has 5 N–H and O–H groups in total. The summed E-state index contributed by atoms with van der Waals surface area (Å²) in [5.74, 6) is 0. The minimum absolute atomic E-state index is 0.224. The first-order valence-corrected chi connectivity index (χ1v) is 4.22. The molecule has 0 heterocycles. The smallest absolute Gasteiger partial charge is 0.404 e. The fourth-order valence-electron chi connectivity index (χ4n) is 0.758. The zero-order chi connectivity index (χ0) is 10.8. The van der Waals surface area contributed by atoms with Crippen LogP contribution in [0.3, 0.4) is 0 Å². The highest BCUT2D eigenvalue weighted by Gasteiger charge is 1.94. The second-order valence-corrected chi connectivity index (χ2v) is 2.50. The molecule has 2 amide bonds. The van der Waals surface area contributed by atoms with E-state index in [2.05, 4.69) is 15.4 Å². The summed E-state index contributed by atoms with van der Waals surface area (Å²) in [5.41, 5.74) is 4.72. The molecule has 0 spiro atoms. The van der Waals surface area contributed by atoms with Crippen molar-refractivity contribution in [1.82, 2.24) is 10.6 Å². The van der Waals surface area contributed by atoms with Gasteiger partial charge in [-0.05, 0) is 13.0 Å². The average Bonchev–Trinajstić information content (AvgIpc) is 2.08. The van der Waals surface area contributed by atoms with Crippen LogP contribution in [-0.4, -0.2) is 43.5 Å². The maximum Gasteiger partial charge on any atom is 0.404 e. The van der Waals surface area contributed by atoms with Crippen LogP contribution in [-0.2, 0) is 4.74 Å². The lowest BCUT2D eigenvalue weighted by atomic mass is 10.4. The molecule has 0 aliphatic carbocycles. The molecule has 0 aromatic rings. The second-order valence-electron chi connectivity index (χ2n) is 2.50. The van der Waals surface area contributed by atoms with Gasteiger partial charge in [0.25, 0.3) is 0 Å². The van der Waals surface area contributed by atoms with Crippen molar-refractivity contribution in [1.29, 1.82) is 0 Å². The van der Waals surface area contributed by atoms with Crippen molar-refractivity contribution in [3.8, 4) is 0 Å². The molecule has 0 bridgehead atoms. The molecule has 0 rings (SSSR count). The fraction of sp³-hybridized carbons (Fsp3) is 0.714. The molecule has 0 aliphatic rings. The van der Waals surface area contributed by atoms with Gasteiger partial charge in [-0.3, -0.25) is 0 Å². The van der Waals surface area contributed by atoms with Crippen molar-refractivity contribution in [2.75, 3.05) is 26.2 Å². The average molecular weight is 205 g/mol. The lowest BCUT2D eigenvalue weighted by molar-refractivity contribution is 0.157. The number of carbonyl (C=O) groups excluding carboxylic acids is 1. The Bertz CT molecular complexity index is 166. The quantitative estimate of drug-likeness (QED) is 0.411. The van der Waals surface area contributed by atoms with Crippen LogP contribution in [0, 0.1) is 0 Å². The van der Waals surface area contributed by atoms with Crippen LogP contribution in [0.1, 0.15) is 6.42 Å². The van der Waals surface area contributed by atoms with E-state index in [4.69, 9.17) is 10.8 Å². The maximum absolute atomic E-state index is 10.1. The predicted octanol–water partition coefficient (Wildman–Crippen LogP) is -0.671. The molecular formula is C7H15N3O4. The summed E-state index contributed by atoms with van der Waals surface area (Å²) in [4.78, 5) is 20.1. The molecule has 82 valence electrons. The number of primary amides is 1. The van der Waals surface area contributed by atoms with Crippen LogP contribution in [0.5, 0.6) is 0 Å². The predicted molar refractivity (Wildman–Crippen MR) is 49.0 cm³/mol. The summed E-state index contributed by atoms with van der Waals surface area (Å²) in [5, 5.41) is 13.4. The Kier molecular flexibility index (Phi) is 7.24. The molecular weight excluding hydrogens is 190 g/mol. The highest BCUT2D eigenvalue weighted by molar-refractivity contribution is 5.64. The van der Waals surface area contributed by atoms with Crippen molar-refractivity contribution in [3.05, 3.63) is 0 Å². The largest absolute Gasteiger partial charge is 0.465 e.